The average Bonchev–Trinajstić information content (AvgIpc) is 3.10. The van der Waals surface area contributed by atoms with Gasteiger partial charge in [-0.25, -0.2) is 4.68 Å². The summed E-state index contributed by atoms with van der Waals surface area (Å²) in [6.07, 6.45) is 4.98. The smallest absolute Gasteiger partial charge is 0.257 e. The minimum absolute atomic E-state index is 0.00737. The molecule has 1 aromatic carbocycles. The van der Waals surface area contributed by atoms with E-state index in [1.54, 1.807) is 23.3 Å². The summed E-state index contributed by atoms with van der Waals surface area (Å²) in [6.45, 7) is 3.57. The van der Waals surface area contributed by atoms with Crippen LogP contribution < -0.4 is 0 Å². The van der Waals surface area contributed by atoms with Crippen LogP contribution in [0.2, 0.25) is 0 Å². The second kappa shape index (κ2) is 7.09. The molecule has 2 aromatic heterocycles. The van der Waals surface area contributed by atoms with Crippen molar-refractivity contribution in [2.24, 2.45) is 0 Å². The summed E-state index contributed by atoms with van der Waals surface area (Å²) in [4.78, 5) is 18.9. The number of hydrogen-bond donors (Lipinski definition) is 0. The average molecular weight is 348 g/mol. The van der Waals surface area contributed by atoms with Crippen molar-refractivity contribution in [2.75, 3.05) is 19.7 Å². The minimum atomic E-state index is -0.0931. The molecule has 132 valence electrons. The quantitative estimate of drug-likeness (QED) is 0.730. The first kappa shape index (κ1) is 16.5. The van der Waals surface area contributed by atoms with Crippen molar-refractivity contribution in [1.82, 2.24) is 19.7 Å². The van der Waals surface area contributed by atoms with E-state index in [2.05, 4.69) is 10.1 Å². The van der Waals surface area contributed by atoms with Gasteiger partial charge in [0.1, 0.15) is 6.10 Å². The highest BCUT2D eigenvalue weighted by atomic mass is 16.5. The molecule has 1 aliphatic heterocycles. The van der Waals surface area contributed by atoms with Crippen LogP contribution in [-0.4, -0.2) is 45.3 Å². The monoisotopic (exact) mass is 348 g/mol. The molecule has 6 heteroatoms. The molecule has 0 N–H and O–H groups in total. The lowest BCUT2D eigenvalue weighted by atomic mass is 10.1. The Morgan fingerprint density at radius 1 is 1.15 bits per heavy atom. The predicted molar refractivity (Wildman–Crippen MR) is 97.1 cm³/mol. The summed E-state index contributed by atoms with van der Waals surface area (Å²) in [5.74, 6) is -0.00737. The van der Waals surface area contributed by atoms with Gasteiger partial charge in [0.25, 0.3) is 5.91 Å². The van der Waals surface area contributed by atoms with Crippen LogP contribution >= 0.6 is 0 Å². The molecule has 0 bridgehead atoms. The number of morpholine rings is 1. The third-order valence-electron chi connectivity index (χ3n) is 4.67. The molecule has 0 radical (unpaired) electrons. The minimum Gasteiger partial charge on any atom is -0.370 e. The van der Waals surface area contributed by atoms with Crippen LogP contribution in [0.3, 0.4) is 0 Å². The van der Waals surface area contributed by atoms with Gasteiger partial charge >= 0.3 is 0 Å². The van der Waals surface area contributed by atoms with Gasteiger partial charge in [-0.1, -0.05) is 30.3 Å². The highest BCUT2D eigenvalue weighted by Gasteiger charge is 2.28. The Morgan fingerprint density at radius 3 is 2.69 bits per heavy atom. The molecule has 1 aliphatic rings. The number of carbonyl (C=O) groups excluding carboxylic acids is 1. The zero-order valence-corrected chi connectivity index (χ0v) is 14.6. The van der Waals surface area contributed by atoms with Crippen LogP contribution in [0.5, 0.6) is 0 Å². The van der Waals surface area contributed by atoms with E-state index in [0.717, 1.165) is 16.9 Å². The van der Waals surface area contributed by atoms with E-state index in [1.165, 1.54) is 0 Å². The van der Waals surface area contributed by atoms with Crippen LogP contribution in [0.4, 0.5) is 0 Å². The lowest BCUT2D eigenvalue weighted by Gasteiger charge is -2.33. The van der Waals surface area contributed by atoms with Crippen LogP contribution in [0.1, 0.15) is 27.7 Å². The van der Waals surface area contributed by atoms with Gasteiger partial charge in [-0.15, -0.1) is 0 Å². The van der Waals surface area contributed by atoms with Gasteiger partial charge in [-0.3, -0.25) is 9.78 Å². The lowest BCUT2D eigenvalue weighted by Crippen LogP contribution is -2.42. The number of ether oxygens (including phenoxy) is 1. The van der Waals surface area contributed by atoms with Crippen molar-refractivity contribution in [3.8, 4) is 5.69 Å². The molecule has 1 fully saturated rings. The Morgan fingerprint density at radius 2 is 1.92 bits per heavy atom. The van der Waals surface area contributed by atoms with E-state index in [-0.39, 0.29) is 12.0 Å². The topological polar surface area (TPSA) is 60.3 Å². The van der Waals surface area contributed by atoms with E-state index in [4.69, 9.17) is 4.74 Å². The molecular weight excluding hydrogens is 328 g/mol. The van der Waals surface area contributed by atoms with Gasteiger partial charge in [-0.05, 0) is 24.6 Å². The highest BCUT2D eigenvalue weighted by Crippen LogP contribution is 2.24. The highest BCUT2D eigenvalue weighted by molar-refractivity contribution is 5.95. The van der Waals surface area contributed by atoms with Gasteiger partial charge in [0, 0.05) is 18.9 Å². The Labute approximate surface area is 152 Å². The van der Waals surface area contributed by atoms with E-state index in [0.29, 0.717) is 25.3 Å². The van der Waals surface area contributed by atoms with E-state index < -0.39 is 0 Å². The summed E-state index contributed by atoms with van der Waals surface area (Å²) in [5, 5.41) is 4.39. The fourth-order valence-corrected chi connectivity index (χ4v) is 3.24. The first-order chi connectivity index (χ1) is 12.7. The van der Waals surface area contributed by atoms with Gasteiger partial charge in [0.2, 0.25) is 0 Å². The van der Waals surface area contributed by atoms with Crippen molar-refractivity contribution in [2.45, 2.75) is 13.0 Å². The van der Waals surface area contributed by atoms with Crippen molar-refractivity contribution < 1.29 is 9.53 Å². The number of pyridine rings is 1. The molecule has 1 saturated heterocycles. The van der Waals surface area contributed by atoms with Crippen molar-refractivity contribution in [1.29, 1.82) is 0 Å². The van der Waals surface area contributed by atoms with Crippen LogP contribution in [0.25, 0.3) is 5.69 Å². The van der Waals surface area contributed by atoms with Crippen LogP contribution in [0, 0.1) is 6.92 Å². The molecule has 4 rings (SSSR count). The normalized spacial score (nSPS) is 17.3. The second-order valence-electron chi connectivity index (χ2n) is 6.28. The first-order valence-electron chi connectivity index (χ1n) is 8.65. The Bertz CT molecular complexity index is 893. The molecule has 3 heterocycles. The predicted octanol–water partition coefficient (Wildman–Crippen LogP) is 2.79. The number of rotatable bonds is 3. The number of hydrogen-bond acceptors (Lipinski definition) is 4. The number of aromatic nitrogens is 3. The largest absolute Gasteiger partial charge is 0.370 e. The molecular formula is C20H20N4O2. The summed E-state index contributed by atoms with van der Waals surface area (Å²) in [7, 11) is 0. The zero-order valence-electron chi connectivity index (χ0n) is 14.6. The van der Waals surface area contributed by atoms with Crippen LogP contribution in [0.15, 0.2) is 61.1 Å². The fourth-order valence-electron chi connectivity index (χ4n) is 3.24. The molecule has 0 spiro atoms. The number of benzene rings is 1. The van der Waals surface area contributed by atoms with E-state index in [9.17, 15) is 4.79 Å². The maximum atomic E-state index is 13.0. The van der Waals surface area contributed by atoms with Gasteiger partial charge in [0.15, 0.2) is 0 Å². The Kier molecular flexibility index (Phi) is 4.50. The third-order valence-corrected chi connectivity index (χ3v) is 4.67. The summed E-state index contributed by atoms with van der Waals surface area (Å²) < 4.78 is 7.63. The van der Waals surface area contributed by atoms with E-state index in [1.807, 2.05) is 54.3 Å². The van der Waals surface area contributed by atoms with E-state index >= 15 is 0 Å². The van der Waals surface area contributed by atoms with Crippen molar-refractivity contribution in [3.05, 3.63) is 77.9 Å². The van der Waals surface area contributed by atoms with Crippen molar-refractivity contribution >= 4 is 5.91 Å². The van der Waals surface area contributed by atoms with Gasteiger partial charge < -0.3 is 9.64 Å². The van der Waals surface area contributed by atoms with Gasteiger partial charge in [-0.2, -0.15) is 5.10 Å². The lowest BCUT2D eigenvalue weighted by molar-refractivity contribution is -0.0228. The Hall–Kier alpha value is -2.99. The maximum absolute atomic E-state index is 13.0. The number of carbonyl (C=O) groups is 1. The number of amides is 1. The summed E-state index contributed by atoms with van der Waals surface area (Å²) in [6, 6.07) is 13.8. The molecule has 26 heavy (non-hydrogen) atoms. The molecule has 3 aromatic rings. The van der Waals surface area contributed by atoms with Crippen molar-refractivity contribution in [3.63, 3.8) is 0 Å². The molecule has 1 atom stereocenters. The molecule has 0 unspecified atom stereocenters. The summed E-state index contributed by atoms with van der Waals surface area (Å²) in [5.41, 5.74) is 3.43. The standard InChI is InChI=1S/C20H20N4O2/c1-15-18(13-22-24(15)17-7-9-21-10-8-17)20(25)23-11-12-26-19(14-23)16-5-3-2-4-6-16/h2-10,13,19H,11-12,14H2,1H3/t19-/m1/s1. The molecule has 6 nitrogen and oxygen atoms in total. The molecule has 1 amide bonds. The van der Waals surface area contributed by atoms with Crippen LogP contribution in [-0.2, 0) is 4.74 Å². The van der Waals surface area contributed by atoms with Gasteiger partial charge in [0.05, 0.1) is 36.3 Å². The maximum Gasteiger partial charge on any atom is 0.257 e. The molecule has 0 saturated carbocycles. The molecule has 0 aliphatic carbocycles. The SMILES string of the molecule is Cc1c(C(=O)N2CCO[C@@H](c3ccccc3)C2)cnn1-c1ccncc1. The third kappa shape index (κ3) is 3.11. The number of nitrogens with zero attached hydrogens (tertiary/aromatic N) is 4. The second-order valence-corrected chi connectivity index (χ2v) is 6.28. The zero-order chi connectivity index (χ0) is 17.9. The Balaban J connectivity index is 1.55. The first-order valence-corrected chi connectivity index (χ1v) is 8.65. The summed E-state index contributed by atoms with van der Waals surface area (Å²) >= 11 is 0. The fraction of sp³-hybridized carbons (Fsp3) is 0.250.